The number of hydrogen-bond acceptors (Lipinski definition) is 2. The van der Waals surface area contributed by atoms with Crippen LogP contribution in [0.3, 0.4) is 0 Å². The Morgan fingerprint density at radius 1 is 1.38 bits per heavy atom. The van der Waals surface area contributed by atoms with Crippen LogP contribution in [0.25, 0.3) is 0 Å². The van der Waals surface area contributed by atoms with E-state index < -0.39 is 0 Å². The fraction of sp³-hybridized carbons (Fsp3) is 0.769. The Balaban J connectivity index is 2.01. The molecule has 0 aliphatic heterocycles. The van der Waals surface area contributed by atoms with Crippen LogP contribution in [0.1, 0.15) is 44.9 Å². The van der Waals surface area contributed by atoms with E-state index in [-0.39, 0.29) is 0 Å². The number of aromatic nitrogens is 2. The highest BCUT2D eigenvalue weighted by Gasteiger charge is 2.22. The van der Waals surface area contributed by atoms with Crippen molar-refractivity contribution in [3.8, 4) is 0 Å². The Morgan fingerprint density at radius 3 is 3.00 bits per heavy atom. The van der Waals surface area contributed by atoms with E-state index in [1.807, 2.05) is 6.20 Å². The number of rotatable bonds is 3. The molecular formula is C13H23N3. The quantitative estimate of drug-likeness (QED) is 0.796. The van der Waals surface area contributed by atoms with Gasteiger partial charge in [-0.25, -0.2) is 4.98 Å². The van der Waals surface area contributed by atoms with Gasteiger partial charge in [0.2, 0.25) is 0 Å². The third kappa shape index (κ3) is 2.64. The van der Waals surface area contributed by atoms with Crippen molar-refractivity contribution in [1.29, 1.82) is 0 Å². The van der Waals surface area contributed by atoms with Gasteiger partial charge in [-0.3, -0.25) is 0 Å². The van der Waals surface area contributed by atoms with Crippen LogP contribution in [0.5, 0.6) is 0 Å². The van der Waals surface area contributed by atoms with Gasteiger partial charge >= 0.3 is 0 Å². The number of nitrogens with two attached hydrogens (primary N) is 1. The topological polar surface area (TPSA) is 43.8 Å². The molecule has 2 N–H and O–H groups in total. The third-order valence-electron chi connectivity index (χ3n) is 3.81. The molecule has 1 aliphatic rings. The van der Waals surface area contributed by atoms with Gasteiger partial charge in [-0.1, -0.05) is 19.3 Å². The van der Waals surface area contributed by atoms with Gasteiger partial charge < -0.3 is 10.3 Å². The van der Waals surface area contributed by atoms with Gasteiger partial charge in [0.1, 0.15) is 5.82 Å². The van der Waals surface area contributed by atoms with Crippen LogP contribution >= 0.6 is 0 Å². The summed E-state index contributed by atoms with van der Waals surface area (Å²) in [5.74, 6) is 1.85. The zero-order chi connectivity index (χ0) is 11.4. The lowest BCUT2D eigenvalue weighted by molar-refractivity contribution is 0.383. The SMILES string of the molecule is CCn1ccnc1CC1CCCCCC1N. The highest BCUT2D eigenvalue weighted by Crippen LogP contribution is 2.24. The highest BCUT2D eigenvalue weighted by atomic mass is 15.1. The summed E-state index contributed by atoms with van der Waals surface area (Å²) in [6.45, 7) is 3.18. The van der Waals surface area contributed by atoms with E-state index in [2.05, 4.69) is 22.7 Å². The Kier molecular flexibility index (Phi) is 3.99. The Labute approximate surface area is 98.1 Å². The molecule has 1 aliphatic carbocycles. The number of aryl methyl sites for hydroxylation is 1. The van der Waals surface area contributed by atoms with Crippen LogP contribution in [-0.4, -0.2) is 15.6 Å². The largest absolute Gasteiger partial charge is 0.335 e. The first-order chi connectivity index (χ1) is 7.81. The molecule has 0 bridgehead atoms. The minimum absolute atomic E-state index is 0.379. The zero-order valence-corrected chi connectivity index (χ0v) is 10.2. The van der Waals surface area contributed by atoms with E-state index in [0.29, 0.717) is 12.0 Å². The van der Waals surface area contributed by atoms with Crippen molar-refractivity contribution in [3.05, 3.63) is 18.2 Å². The van der Waals surface area contributed by atoms with Crippen LogP contribution in [0, 0.1) is 5.92 Å². The average Bonchev–Trinajstić information content (AvgIpc) is 2.64. The maximum Gasteiger partial charge on any atom is 0.108 e. The maximum absolute atomic E-state index is 6.25. The van der Waals surface area contributed by atoms with Crippen molar-refractivity contribution in [2.45, 2.75) is 58.0 Å². The van der Waals surface area contributed by atoms with E-state index >= 15 is 0 Å². The molecule has 16 heavy (non-hydrogen) atoms. The second-order valence-electron chi connectivity index (χ2n) is 4.90. The van der Waals surface area contributed by atoms with Crippen molar-refractivity contribution < 1.29 is 0 Å². The van der Waals surface area contributed by atoms with Crippen LogP contribution in [0.15, 0.2) is 12.4 Å². The monoisotopic (exact) mass is 221 g/mol. The van der Waals surface area contributed by atoms with Gasteiger partial charge in [0, 0.05) is 31.4 Å². The fourth-order valence-corrected chi connectivity index (χ4v) is 2.72. The van der Waals surface area contributed by atoms with Crippen molar-refractivity contribution in [2.75, 3.05) is 0 Å². The summed E-state index contributed by atoms with van der Waals surface area (Å²) in [5.41, 5.74) is 6.25. The first kappa shape index (κ1) is 11.6. The lowest BCUT2D eigenvalue weighted by atomic mass is 9.92. The Bertz CT molecular complexity index is 319. The molecule has 2 rings (SSSR count). The molecule has 1 aromatic heterocycles. The molecule has 0 aromatic carbocycles. The summed E-state index contributed by atoms with van der Waals surface area (Å²) in [7, 11) is 0. The molecule has 90 valence electrons. The van der Waals surface area contributed by atoms with E-state index in [9.17, 15) is 0 Å². The smallest absolute Gasteiger partial charge is 0.108 e. The van der Waals surface area contributed by atoms with Crippen molar-refractivity contribution in [3.63, 3.8) is 0 Å². The summed E-state index contributed by atoms with van der Waals surface area (Å²) in [6.07, 6.45) is 11.5. The summed E-state index contributed by atoms with van der Waals surface area (Å²) in [5, 5.41) is 0. The number of nitrogens with zero attached hydrogens (tertiary/aromatic N) is 2. The highest BCUT2D eigenvalue weighted by molar-refractivity contribution is 4.96. The second-order valence-corrected chi connectivity index (χ2v) is 4.90. The molecule has 3 nitrogen and oxygen atoms in total. The normalized spacial score (nSPS) is 26.6. The molecule has 2 unspecified atom stereocenters. The summed E-state index contributed by atoms with van der Waals surface area (Å²) >= 11 is 0. The molecular weight excluding hydrogens is 198 g/mol. The third-order valence-corrected chi connectivity index (χ3v) is 3.81. The Morgan fingerprint density at radius 2 is 2.19 bits per heavy atom. The lowest BCUT2D eigenvalue weighted by Gasteiger charge is -2.21. The maximum atomic E-state index is 6.25. The first-order valence-corrected chi connectivity index (χ1v) is 6.57. The lowest BCUT2D eigenvalue weighted by Crippen LogP contribution is -2.31. The van der Waals surface area contributed by atoms with E-state index in [1.54, 1.807) is 0 Å². The second kappa shape index (κ2) is 5.48. The standard InChI is InChI=1S/C13H23N3/c1-2-16-9-8-15-13(16)10-11-6-4-3-5-7-12(11)14/h8-9,11-12H,2-7,10,14H2,1H3. The van der Waals surface area contributed by atoms with Gasteiger partial charge in [0.25, 0.3) is 0 Å². The van der Waals surface area contributed by atoms with Crippen molar-refractivity contribution in [1.82, 2.24) is 9.55 Å². The molecule has 0 saturated heterocycles. The predicted molar refractivity (Wildman–Crippen MR) is 66.2 cm³/mol. The molecule has 2 atom stereocenters. The van der Waals surface area contributed by atoms with Crippen molar-refractivity contribution >= 4 is 0 Å². The molecule has 1 saturated carbocycles. The van der Waals surface area contributed by atoms with Crippen molar-refractivity contribution in [2.24, 2.45) is 11.7 Å². The summed E-state index contributed by atoms with van der Waals surface area (Å²) < 4.78 is 2.23. The molecule has 0 radical (unpaired) electrons. The van der Waals surface area contributed by atoms with Gasteiger partial charge in [-0.15, -0.1) is 0 Å². The Hall–Kier alpha value is -0.830. The molecule has 0 spiro atoms. The van der Waals surface area contributed by atoms with Gasteiger partial charge in [0.05, 0.1) is 0 Å². The van der Waals surface area contributed by atoms with E-state index in [4.69, 9.17) is 5.73 Å². The summed E-state index contributed by atoms with van der Waals surface area (Å²) in [4.78, 5) is 4.45. The molecule has 0 amide bonds. The zero-order valence-electron chi connectivity index (χ0n) is 10.2. The predicted octanol–water partition coefficient (Wildman–Crippen LogP) is 2.35. The van der Waals surface area contributed by atoms with Crippen LogP contribution in [-0.2, 0) is 13.0 Å². The van der Waals surface area contributed by atoms with Gasteiger partial charge in [-0.05, 0) is 25.7 Å². The van der Waals surface area contributed by atoms with E-state index in [1.165, 1.54) is 37.9 Å². The minimum atomic E-state index is 0.379. The molecule has 1 heterocycles. The molecule has 1 aromatic rings. The number of hydrogen-bond donors (Lipinski definition) is 1. The number of imidazole rings is 1. The van der Waals surface area contributed by atoms with Crippen LogP contribution in [0.2, 0.25) is 0 Å². The average molecular weight is 221 g/mol. The van der Waals surface area contributed by atoms with Gasteiger partial charge in [0.15, 0.2) is 0 Å². The molecule has 1 fully saturated rings. The van der Waals surface area contributed by atoms with E-state index in [0.717, 1.165) is 13.0 Å². The minimum Gasteiger partial charge on any atom is -0.335 e. The fourth-order valence-electron chi connectivity index (χ4n) is 2.72. The van der Waals surface area contributed by atoms with Crippen LogP contribution in [0.4, 0.5) is 0 Å². The van der Waals surface area contributed by atoms with Gasteiger partial charge in [-0.2, -0.15) is 0 Å². The summed E-state index contributed by atoms with van der Waals surface area (Å²) in [6, 6.07) is 0.379. The molecule has 3 heteroatoms. The van der Waals surface area contributed by atoms with Crippen LogP contribution < -0.4 is 5.73 Å². The first-order valence-electron chi connectivity index (χ1n) is 6.57.